The van der Waals surface area contributed by atoms with Gasteiger partial charge in [0.05, 0.1) is 11.6 Å². The Morgan fingerprint density at radius 3 is 2.34 bits per heavy atom. The smallest absolute Gasteiger partial charge is 0.255 e. The first-order chi connectivity index (χ1) is 17.5. The summed E-state index contributed by atoms with van der Waals surface area (Å²) >= 11 is 0. The molecular formula is C27H33N3O8. The Hall–Kier alpha value is -3.70. The molecule has 0 saturated carbocycles. The molecule has 2 amide bonds. The summed E-state index contributed by atoms with van der Waals surface area (Å²) in [5.41, 5.74) is 1.93. The number of aliphatic hydroxyl groups is 3. The van der Waals surface area contributed by atoms with Crippen molar-refractivity contribution in [2.24, 2.45) is 23.0 Å². The Kier molecular flexibility index (Phi) is 6.44. The van der Waals surface area contributed by atoms with Gasteiger partial charge in [-0.15, -0.1) is 0 Å². The quantitative estimate of drug-likeness (QED) is 0.307. The first-order valence-corrected chi connectivity index (χ1v) is 12.3. The van der Waals surface area contributed by atoms with Crippen molar-refractivity contribution in [1.82, 2.24) is 10.2 Å². The van der Waals surface area contributed by atoms with Crippen molar-refractivity contribution in [3.8, 4) is 5.75 Å². The molecular weight excluding hydrogens is 494 g/mol. The maximum absolute atomic E-state index is 13.7. The third-order valence-corrected chi connectivity index (χ3v) is 7.82. The zero-order valence-corrected chi connectivity index (χ0v) is 22.0. The lowest BCUT2D eigenvalue weighted by Crippen LogP contribution is -2.63. The summed E-state index contributed by atoms with van der Waals surface area (Å²) < 4.78 is 0. The van der Waals surface area contributed by atoms with E-state index in [1.807, 2.05) is 0 Å². The third kappa shape index (κ3) is 3.88. The minimum atomic E-state index is -2.68. The first-order valence-electron chi connectivity index (χ1n) is 12.3. The van der Waals surface area contributed by atoms with Gasteiger partial charge in [-0.1, -0.05) is 26.8 Å². The highest BCUT2D eigenvalue weighted by molar-refractivity contribution is 6.24. The van der Waals surface area contributed by atoms with Crippen LogP contribution in [0.15, 0.2) is 34.8 Å². The molecule has 0 saturated heterocycles. The van der Waals surface area contributed by atoms with Gasteiger partial charge in [-0.3, -0.25) is 24.1 Å². The van der Waals surface area contributed by atoms with Crippen LogP contribution in [0.5, 0.6) is 5.75 Å². The highest BCUT2D eigenvalue weighted by Crippen LogP contribution is 2.52. The predicted octanol–water partition coefficient (Wildman–Crippen LogP) is 0.783. The Morgan fingerprint density at radius 2 is 1.79 bits per heavy atom. The van der Waals surface area contributed by atoms with Crippen molar-refractivity contribution in [3.05, 3.63) is 51.5 Å². The summed E-state index contributed by atoms with van der Waals surface area (Å²) in [5, 5.41) is 47.2. The minimum Gasteiger partial charge on any atom is -0.510 e. The number of aromatic hydroxyl groups is 1. The van der Waals surface area contributed by atoms with E-state index in [2.05, 4.69) is 5.32 Å². The van der Waals surface area contributed by atoms with Crippen LogP contribution in [0.25, 0.3) is 0 Å². The van der Waals surface area contributed by atoms with Gasteiger partial charge in [-0.05, 0) is 50.0 Å². The van der Waals surface area contributed by atoms with Gasteiger partial charge in [0.15, 0.2) is 11.4 Å². The van der Waals surface area contributed by atoms with Crippen molar-refractivity contribution >= 4 is 23.4 Å². The van der Waals surface area contributed by atoms with E-state index in [0.29, 0.717) is 11.1 Å². The second kappa shape index (κ2) is 8.95. The molecule has 0 spiro atoms. The number of Topliss-reactive ketones (excluding diaryl/α,β-unsaturated/α-hetero) is 2. The number of carbonyl (C=O) groups is 4. The van der Waals surface area contributed by atoms with Gasteiger partial charge in [-0.25, -0.2) is 0 Å². The molecule has 38 heavy (non-hydrogen) atoms. The number of allylic oxidation sites excluding steroid dienone is 1. The number of primary amides is 1. The molecule has 11 nitrogen and oxygen atoms in total. The number of nitrogens with zero attached hydrogens (tertiary/aromatic N) is 1. The van der Waals surface area contributed by atoms with Crippen LogP contribution in [0, 0.1) is 17.3 Å². The van der Waals surface area contributed by atoms with Crippen molar-refractivity contribution < 1.29 is 39.6 Å². The molecule has 0 aromatic heterocycles. The Morgan fingerprint density at radius 1 is 1.16 bits per heavy atom. The molecule has 3 aliphatic carbocycles. The molecule has 4 atom stereocenters. The normalized spacial score (nSPS) is 27.2. The lowest BCUT2D eigenvalue weighted by Gasteiger charge is -2.50. The van der Waals surface area contributed by atoms with Crippen molar-refractivity contribution in [3.63, 3.8) is 0 Å². The predicted molar refractivity (Wildman–Crippen MR) is 135 cm³/mol. The molecule has 0 fully saturated rings. The van der Waals surface area contributed by atoms with Crippen LogP contribution in [0.2, 0.25) is 0 Å². The summed E-state index contributed by atoms with van der Waals surface area (Å²) in [6.45, 7) is 5.39. The molecule has 1 aromatic carbocycles. The number of nitrogens with one attached hydrogen (secondary N) is 1. The number of benzene rings is 1. The number of hydrogen-bond donors (Lipinski definition) is 6. The van der Waals surface area contributed by atoms with E-state index in [9.17, 15) is 39.6 Å². The Balaban J connectivity index is 1.85. The summed E-state index contributed by atoms with van der Waals surface area (Å²) in [7, 11) is 3.14. The van der Waals surface area contributed by atoms with E-state index in [1.165, 1.54) is 11.0 Å². The zero-order chi connectivity index (χ0) is 28.5. The number of fused-ring (bicyclic) bond motifs is 3. The second-order valence-corrected chi connectivity index (χ2v) is 11.5. The molecule has 4 unspecified atom stereocenters. The van der Waals surface area contributed by atoms with Crippen LogP contribution in [-0.2, 0) is 27.3 Å². The molecule has 0 radical (unpaired) electrons. The minimum absolute atomic E-state index is 0.00475. The average Bonchev–Trinajstić information content (AvgIpc) is 2.79. The Labute approximate surface area is 219 Å². The van der Waals surface area contributed by atoms with E-state index in [0.717, 1.165) is 0 Å². The fourth-order valence-corrected chi connectivity index (χ4v) is 5.92. The van der Waals surface area contributed by atoms with E-state index < -0.39 is 63.5 Å². The summed E-state index contributed by atoms with van der Waals surface area (Å²) in [6, 6.07) is 1.86. The number of amides is 2. The molecule has 4 rings (SSSR count). The number of phenolic OH excluding ortho intramolecular Hbond substituents is 1. The number of hydrogen-bond acceptors (Lipinski definition) is 9. The fourth-order valence-electron chi connectivity index (χ4n) is 5.92. The number of phenols is 1. The number of rotatable bonds is 4. The number of ketones is 2. The van der Waals surface area contributed by atoms with Crippen LogP contribution in [-0.4, -0.2) is 74.4 Å². The maximum Gasteiger partial charge on any atom is 0.255 e. The highest BCUT2D eigenvalue weighted by atomic mass is 16.3. The summed E-state index contributed by atoms with van der Waals surface area (Å²) in [4.78, 5) is 53.0. The van der Waals surface area contributed by atoms with Crippen LogP contribution in [0.4, 0.5) is 0 Å². The number of carbonyl (C=O) groups excluding carboxylic acids is 4. The molecule has 7 N–H and O–H groups in total. The number of aliphatic hydroxyl groups excluding tert-OH is 2. The number of nitrogens with two attached hydrogens (primary N) is 1. The van der Waals surface area contributed by atoms with Crippen LogP contribution in [0.3, 0.4) is 0 Å². The van der Waals surface area contributed by atoms with Crippen molar-refractivity contribution in [2.75, 3.05) is 14.1 Å². The van der Waals surface area contributed by atoms with E-state index in [-0.39, 0.29) is 42.2 Å². The number of likely N-dealkylation sites (N-methyl/N-ethyl adjacent to an activating group) is 1. The van der Waals surface area contributed by atoms with Gasteiger partial charge in [0.1, 0.15) is 22.8 Å². The van der Waals surface area contributed by atoms with E-state index in [4.69, 9.17) is 5.73 Å². The standard InChI is InChI=1S/C27H33N3O8/c1-26(2,3)25(37)29-10-11-6-7-15(31)17-13(11)8-12-9-14-19(30(4)5)21(33)18(24(28)36)23(35)27(14,38)22(34)16(12)20(17)32/h6-7,12,14,19,31,33-34,38H,8-10H2,1-5H3,(H2,28,36)(H,29,37). The largest absolute Gasteiger partial charge is 0.510 e. The van der Waals surface area contributed by atoms with Gasteiger partial charge in [0.25, 0.3) is 5.91 Å². The highest BCUT2D eigenvalue weighted by Gasteiger charge is 2.63. The molecule has 204 valence electrons. The Bertz CT molecular complexity index is 1340. The van der Waals surface area contributed by atoms with E-state index >= 15 is 0 Å². The van der Waals surface area contributed by atoms with Crippen LogP contribution < -0.4 is 11.1 Å². The van der Waals surface area contributed by atoms with Gasteiger partial charge in [0, 0.05) is 23.5 Å². The third-order valence-electron chi connectivity index (χ3n) is 7.82. The summed E-state index contributed by atoms with van der Waals surface area (Å²) in [6.07, 6.45) is 0.152. The molecule has 3 aliphatic rings. The van der Waals surface area contributed by atoms with Crippen LogP contribution >= 0.6 is 0 Å². The van der Waals surface area contributed by atoms with Crippen LogP contribution in [0.1, 0.15) is 48.7 Å². The maximum atomic E-state index is 13.7. The average molecular weight is 528 g/mol. The fraction of sp³-hybridized carbons (Fsp3) is 0.481. The molecule has 0 bridgehead atoms. The lowest BCUT2D eigenvalue weighted by molar-refractivity contribution is -0.148. The molecule has 11 heteroatoms. The van der Waals surface area contributed by atoms with Gasteiger partial charge < -0.3 is 31.5 Å². The van der Waals surface area contributed by atoms with Gasteiger partial charge >= 0.3 is 0 Å². The van der Waals surface area contributed by atoms with Gasteiger partial charge in [-0.2, -0.15) is 0 Å². The van der Waals surface area contributed by atoms with Crippen molar-refractivity contribution in [1.29, 1.82) is 0 Å². The van der Waals surface area contributed by atoms with E-state index in [1.54, 1.807) is 40.9 Å². The molecule has 1 aromatic rings. The second-order valence-electron chi connectivity index (χ2n) is 11.5. The summed E-state index contributed by atoms with van der Waals surface area (Å²) in [5.74, 6) is -7.19. The topological polar surface area (TPSA) is 190 Å². The zero-order valence-electron chi connectivity index (χ0n) is 22.0. The monoisotopic (exact) mass is 527 g/mol. The first kappa shape index (κ1) is 27.3. The molecule has 0 heterocycles. The van der Waals surface area contributed by atoms with Crippen molar-refractivity contribution in [2.45, 2.75) is 51.8 Å². The lowest BCUT2D eigenvalue weighted by atomic mass is 9.58. The SMILES string of the molecule is CN(C)C1C(O)=C(C(N)=O)C(=O)C2(O)C(O)=C3C(=O)c4c(O)ccc(CNC(=O)C(C)(C)C)c4CC3CC12. The van der Waals surface area contributed by atoms with Gasteiger partial charge in [0.2, 0.25) is 11.7 Å². The molecule has 0 aliphatic heterocycles.